The van der Waals surface area contributed by atoms with Crippen molar-refractivity contribution in [2.75, 3.05) is 36.1 Å². The standard InChI is InChI=1S/C29H27F3N4O6S/c1-42-27(38)19-9-14-22-23(17-19)35-26(37)24(22)25(18-7-4-3-5-8-18)34-20-10-12-21(13-11-20)36(43(2,40)41)16-6-15-33-28(39)29(30,31)32/h3-5,7-14,17,24H,6,15-16H2,1-2H3,(H,33,39)(H,35,37). The second-order valence-corrected chi connectivity index (χ2v) is 11.4. The van der Waals surface area contributed by atoms with Crippen LogP contribution in [0.3, 0.4) is 0 Å². The quantitative estimate of drug-likeness (QED) is 0.200. The number of carbonyl (C=O) groups excluding carboxylic acids is 3. The van der Waals surface area contributed by atoms with E-state index in [0.717, 1.165) is 10.6 Å². The molecule has 0 aromatic heterocycles. The van der Waals surface area contributed by atoms with E-state index in [4.69, 9.17) is 9.73 Å². The van der Waals surface area contributed by atoms with Gasteiger partial charge in [-0.3, -0.25) is 18.9 Å². The summed E-state index contributed by atoms with van der Waals surface area (Å²) in [4.78, 5) is 41.0. The van der Waals surface area contributed by atoms with Gasteiger partial charge in [0, 0.05) is 18.8 Å². The predicted molar refractivity (Wildman–Crippen MR) is 154 cm³/mol. The van der Waals surface area contributed by atoms with Crippen LogP contribution < -0.4 is 14.9 Å². The van der Waals surface area contributed by atoms with Crippen LogP contribution in [0.25, 0.3) is 0 Å². The van der Waals surface area contributed by atoms with Crippen LogP contribution in [0.15, 0.2) is 77.8 Å². The number of benzene rings is 3. The molecule has 10 nitrogen and oxygen atoms in total. The van der Waals surface area contributed by atoms with E-state index in [0.29, 0.717) is 28.2 Å². The van der Waals surface area contributed by atoms with Crippen molar-refractivity contribution in [3.8, 4) is 0 Å². The highest BCUT2D eigenvalue weighted by atomic mass is 32.2. The average Bonchev–Trinajstić information content (AvgIpc) is 3.29. The molecule has 1 unspecified atom stereocenters. The molecule has 0 aliphatic carbocycles. The molecule has 1 heterocycles. The van der Waals surface area contributed by atoms with Gasteiger partial charge < -0.3 is 15.4 Å². The fourth-order valence-electron chi connectivity index (χ4n) is 4.53. The number of rotatable bonds is 10. The minimum absolute atomic E-state index is 0.0686. The van der Waals surface area contributed by atoms with Crippen molar-refractivity contribution >= 4 is 50.6 Å². The van der Waals surface area contributed by atoms with Gasteiger partial charge in [-0.25, -0.2) is 13.2 Å². The molecule has 1 aliphatic heterocycles. The number of esters is 1. The highest BCUT2D eigenvalue weighted by molar-refractivity contribution is 7.92. The molecule has 2 amide bonds. The Bertz CT molecular complexity index is 1660. The van der Waals surface area contributed by atoms with Crippen LogP contribution in [0.5, 0.6) is 0 Å². The van der Waals surface area contributed by atoms with Crippen LogP contribution in [0.2, 0.25) is 0 Å². The van der Waals surface area contributed by atoms with Crippen molar-refractivity contribution < 1.29 is 40.7 Å². The number of nitrogens with zero attached hydrogens (tertiary/aromatic N) is 2. The molecule has 1 aliphatic rings. The lowest BCUT2D eigenvalue weighted by atomic mass is 9.90. The molecule has 0 bridgehead atoms. The van der Waals surface area contributed by atoms with Crippen LogP contribution in [-0.2, 0) is 24.3 Å². The van der Waals surface area contributed by atoms with Crippen molar-refractivity contribution in [2.24, 2.45) is 4.99 Å². The number of ether oxygens (including phenoxy) is 1. The zero-order valence-corrected chi connectivity index (χ0v) is 23.8. The van der Waals surface area contributed by atoms with E-state index < -0.39 is 34.0 Å². The highest BCUT2D eigenvalue weighted by Gasteiger charge is 2.38. The molecule has 3 aromatic carbocycles. The monoisotopic (exact) mass is 616 g/mol. The normalized spacial score (nSPS) is 15.0. The van der Waals surface area contributed by atoms with Crippen LogP contribution in [-0.4, -0.2) is 64.5 Å². The lowest BCUT2D eigenvalue weighted by molar-refractivity contribution is -0.173. The molecule has 14 heteroatoms. The Morgan fingerprint density at radius 2 is 1.70 bits per heavy atom. The second kappa shape index (κ2) is 12.7. The Hall–Kier alpha value is -4.72. The summed E-state index contributed by atoms with van der Waals surface area (Å²) in [6, 6.07) is 19.8. The van der Waals surface area contributed by atoms with Crippen LogP contribution >= 0.6 is 0 Å². The van der Waals surface area contributed by atoms with Gasteiger partial charge in [-0.1, -0.05) is 36.4 Å². The summed E-state index contributed by atoms with van der Waals surface area (Å²) in [6.07, 6.45) is -4.14. The maximum absolute atomic E-state index is 13.2. The summed E-state index contributed by atoms with van der Waals surface area (Å²) in [7, 11) is -2.56. The first-order valence-electron chi connectivity index (χ1n) is 12.9. The SMILES string of the molecule is COC(=O)c1ccc2c(c1)NC(=O)C2C(=Nc1ccc(N(CCCNC(=O)C(F)(F)F)S(C)(=O)=O)cc1)c1ccccc1. The highest BCUT2D eigenvalue weighted by Crippen LogP contribution is 2.37. The summed E-state index contributed by atoms with van der Waals surface area (Å²) < 4.78 is 67.9. The lowest BCUT2D eigenvalue weighted by Gasteiger charge is -2.22. The summed E-state index contributed by atoms with van der Waals surface area (Å²) >= 11 is 0. The average molecular weight is 617 g/mol. The van der Waals surface area contributed by atoms with Crippen LogP contribution in [0.1, 0.15) is 33.8 Å². The summed E-state index contributed by atoms with van der Waals surface area (Å²) in [5.74, 6) is -3.82. The number of methoxy groups -OCH3 is 1. The van der Waals surface area contributed by atoms with Gasteiger partial charge >= 0.3 is 18.1 Å². The minimum Gasteiger partial charge on any atom is -0.465 e. The van der Waals surface area contributed by atoms with Gasteiger partial charge in [0.2, 0.25) is 15.9 Å². The van der Waals surface area contributed by atoms with Gasteiger partial charge in [0.1, 0.15) is 5.92 Å². The number of fused-ring (bicyclic) bond motifs is 1. The Morgan fingerprint density at radius 3 is 2.30 bits per heavy atom. The van der Waals surface area contributed by atoms with E-state index in [1.54, 1.807) is 53.8 Å². The van der Waals surface area contributed by atoms with Crippen LogP contribution in [0.4, 0.5) is 30.2 Å². The largest absolute Gasteiger partial charge is 0.471 e. The predicted octanol–water partition coefficient (Wildman–Crippen LogP) is 4.16. The molecule has 0 saturated carbocycles. The van der Waals surface area contributed by atoms with E-state index >= 15 is 0 Å². The van der Waals surface area contributed by atoms with Gasteiger partial charge in [0.25, 0.3) is 0 Å². The minimum atomic E-state index is -5.03. The Balaban J connectivity index is 1.62. The number of hydrogen-bond acceptors (Lipinski definition) is 7. The molecule has 0 saturated heterocycles. The third-order valence-corrected chi connectivity index (χ3v) is 7.71. The van der Waals surface area contributed by atoms with Crippen molar-refractivity contribution in [1.82, 2.24) is 5.32 Å². The summed E-state index contributed by atoms with van der Waals surface area (Å²) in [6.45, 7) is -0.555. The van der Waals surface area contributed by atoms with E-state index in [1.165, 1.54) is 25.3 Å². The molecule has 3 aromatic rings. The number of aliphatic imine (C=N–C) groups is 1. The fourth-order valence-corrected chi connectivity index (χ4v) is 5.49. The first-order chi connectivity index (χ1) is 20.3. The zero-order chi connectivity index (χ0) is 31.4. The van der Waals surface area contributed by atoms with Crippen molar-refractivity contribution in [1.29, 1.82) is 0 Å². The van der Waals surface area contributed by atoms with Crippen LogP contribution in [0, 0.1) is 0 Å². The molecule has 0 fully saturated rings. The third-order valence-electron chi connectivity index (χ3n) is 6.52. The second-order valence-electron chi connectivity index (χ2n) is 9.54. The molecule has 0 spiro atoms. The van der Waals surface area contributed by atoms with Gasteiger partial charge in [-0.15, -0.1) is 0 Å². The molecule has 0 radical (unpaired) electrons. The van der Waals surface area contributed by atoms with Gasteiger partial charge in [-0.2, -0.15) is 13.2 Å². The topological polar surface area (TPSA) is 134 Å². The molecule has 1 atom stereocenters. The lowest BCUT2D eigenvalue weighted by Crippen LogP contribution is -2.39. The van der Waals surface area contributed by atoms with Crippen molar-refractivity contribution in [3.63, 3.8) is 0 Å². The molecule has 4 rings (SSSR count). The van der Waals surface area contributed by atoms with E-state index in [-0.39, 0.29) is 36.7 Å². The number of sulfonamides is 1. The number of alkyl halides is 3. The smallest absolute Gasteiger partial charge is 0.465 e. The summed E-state index contributed by atoms with van der Waals surface area (Å²) in [5, 5.41) is 4.51. The number of carbonyl (C=O) groups is 3. The maximum atomic E-state index is 13.2. The zero-order valence-electron chi connectivity index (χ0n) is 23.0. The summed E-state index contributed by atoms with van der Waals surface area (Å²) in [5.41, 5.74) is 3.05. The number of halogens is 3. The van der Waals surface area contributed by atoms with E-state index in [1.807, 2.05) is 6.07 Å². The molecule has 2 N–H and O–H groups in total. The van der Waals surface area contributed by atoms with Gasteiger partial charge in [0.15, 0.2) is 0 Å². The Kier molecular flexibility index (Phi) is 9.19. The third kappa shape index (κ3) is 7.38. The van der Waals surface area contributed by atoms with Crippen molar-refractivity contribution in [3.05, 3.63) is 89.5 Å². The maximum Gasteiger partial charge on any atom is 0.471 e. The fraction of sp³-hybridized carbons (Fsp3) is 0.241. The number of nitrogens with one attached hydrogen (secondary N) is 2. The molecule has 43 heavy (non-hydrogen) atoms. The number of anilines is 2. The van der Waals surface area contributed by atoms with E-state index in [9.17, 15) is 36.0 Å². The number of hydrogen-bond donors (Lipinski definition) is 2. The van der Waals surface area contributed by atoms with Crippen molar-refractivity contribution in [2.45, 2.75) is 18.5 Å². The molecule has 226 valence electrons. The molecular formula is C29H27F3N4O6S. The van der Waals surface area contributed by atoms with E-state index in [2.05, 4.69) is 5.32 Å². The van der Waals surface area contributed by atoms with Gasteiger partial charge in [0.05, 0.1) is 36.0 Å². The number of amides is 2. The Labute approximate surface area is 245 Å². The van der Waals surface area contributed by atoms with Gasteiger partial charge in [-0.05, 0) is 53.9 Å². The Morgan fingerprint density at radius 1 is 1.02 bits per heavy atom. The first kappa shape index (κ1) is 31.2. The first-order valence-corrected chi connectivity index (χ1v) is 14.7. The molecular weight excluding hydrogens is 589 g/mol.